The molecule has 0 saturated carbocycles. The van der Waals surface area contributed by atoms with Crippen LogP contribution in [-0.4, -0.2) is 15.8 Å². The standard InChI is InChI=1S/C10H6I2N2O/c11-9-10(12)14(6-13-9)8-4-2-1-3-7(8)5-15/h1-6H. The van der Waals surface area contributed by atoms with Gasteiger partial charge in [0.25, 0.3) is 0 Å². The van der Waals surface area contributed by atoms with Crippen molar-refractivity contribution in [1.82, 2.24) is 9.55 Å². The quantitative estimate of drug-likeness (QED) is 0.550. The number of carbonyl (C=O) groups is 1. The Bertz CT molecular complexity index is 508. The van der Waals surface area contributed by atoms with Crippen molar-refractivity contribution in [3.63, 3.8) is 0 Å². The summed E-state index contributed by atoms with van der Waals surface area (Å²) < 4.78 is 3.86. The Hall–Kier alpha value is -0.440. The summed E-state index contributed by atoms with van der Waals surface area (Å²) in [5, 5.41) is 0. The Balaban J connectivity index is 2.63. The van der Waals surface area contributed by atoms with Crippen molar-refractivity contribution in [1.29, 1.82) is 0 Å². The number of hydrogen-bond acceptors (Lipinski definition) is 2. The van der Waals surface area contributed by atoms with Crippen molar-refractivity contribution < 1.29 is 4.79 Å². The molecule has 0 unspecified atom stereocenters. The molecular formula is C10H6I2N2O. The Kier molecular flexibility index (Phi) is 3.39. The summed E-state index contributed by atoms with van der Waals surface area (Å²) in [5.74, 6) is 0. The van der Waals surface area contributed by atoms with Crippen LogP contribution in [0.3, 0.4) is 0 Å². The van der Waals surface area contributed by atoms with Crippen LogP contribution in [0, 0.1) is 7.40 Å². The largest absolute Gasteiger partial charge is 0.298 e. The number of hydrogen-bond donors (Lipinski definition) is 0. The molecule has 1 aromatic heterocycles. The zero-order valence-corrected chi connectivity index (χ0v) is 11.8. The molecule has 0 saturated heterocycles. The van der Waals surface area contributed by atoms with Gasteiger partial charge < -0.3 is 0 Å². The van der Waals surface area contributed by atoms with Gasteiger partial charge in [-0.15, -0.1) is 0 Å². The number of carbonyl (C=O) groups excluding carboxylic acids is 1. The molecule has 0 radical (unpaired) electrons. The summed E-state index contributed by atoms with van der Waals surface area (Å²) in [6, 6.07) is 7.46. The molecule has 0 aliphatic heterocycles. The smallest absolute Gasteiger partial charge is 0.152 e. The number of aromatic nitrogens is 2. The summed E-state index contributed by atoms with van der Waals surface area (Å²) in [4.78, 5) is 15.1. The third kappa shape index (κ3) is 2.07. The SMILES string of the molecule is O=Cc1ccccc1-n1cnc(I)c1I. The van der Waals surface area contributed by atoms with E-state index in [9.17, 15) is 4.79 Å². The van der Waals surface area contributed by atoms with Gasteiger partial charge in [-0.05, 0) is 57.3 Å². The van der Waals surface area contributed by atoms with E-state index in [1.54, 1.807) is 12.4 Å². The maximum atomic E-state index is 10.9. The molecule has 2 rings (SSSR count). The van der Waals surface area contributed by atoms with Gasteiger partial charge in [0.2, 0.25) is 0 Å². The topological polar surface area (TPSA) is 34.9 Å². The molecule has 0 N–H and O–H groups in total. The normalized spacial score (nSPS) is 10.3. The average Bonchev–Trinajstić information content (AvgIpc) is 2.60. The van der Waals surface area contributed by atoms with Crippen LogP contribution in [0.2, 0.25) is 0 Å². The highest BCUT2D eigenvalue weighted by Gasteiger charge is 2.09. The highest BCUT2D eigenvalue weighted by atomic mass is 127. The van der Waals surface area contributed by atoms with Gasteiger partial charge in [0.05, 0.1) is 5.69 Å². The second-order valence-electron chi connectivity index (χ2n) is 2.87. The maximum absolute atomic E-state index is 10.9. The third-order valence-corrected chi connectivity index (χ3v) is 4.84. The van der Waals surface area contributed by atoms with Gasteiger partial charge in [-0.25, -0.2) is 4.98 Å². The van der Waals surface area contributed by atoms with E-state index in [-0.39, 0.29) is 0 Å². The van der Waals surface area contributed by atoms with Crippen LogP contribution in [0.1, 0.15) is 10.4 Å². The minimum Gasteiger partial charge on any atom is -0.298 e. The molecule has 3 nitrogen and oxygen atoms in total. The van der Waals surface area contributed by atoms with E-state index >= 15 is 0 Å². The van der Waals surface area contributed by atoms with E-state index < -0.39 is 0 Å². The Morgan fingerprint density at radius 3 is 2.60 bits per heavy atom. The molecule has 0 fully saturated rings. The molecule has 5 heteroatoms. The number of para-hydroxylation sites is 1. The molecule has 0 aliphatic carbocycles. The van der Waals surface area contributed by atoms with Crippen LogP contribution < -0.4 is 0 Å². The summed E-state index contributed by atoms with van der Waals surface area (Å²) in [6.07, 6.45) is 2.59. The molecule has 76 valence electrons. The molecule has 2 aromatic rings. The first-order valence-electron chi connectivity index (χ1n) is 4.17. The van der Waals surface area contributed by atoms with Crippen LogP contribution in [0.5, 0.6) is 0 Å². The monoisotopic (exact) mass is 424 g/mol. The number of imidazole rings is 1. The molecule has 1 heterocycles. The van der Waals surface area contributed by atoms with Gasteiger partial charge in [0.15, 0.2) is 6.29 Å². The van der Waals surface area contributed by atoms with Crippen LogP contribution in [-0.2, 0) is 0 Å². The Morgan fingerprint density at radius 2 is 2.00 bits per heavy atom. The summed E-state index contributed by atoms with van der Waals surface area (Å²) in [5.41, 5.74) is 1.54. The highest BCUT2D eigenvalue weighted by molar-refractivity contribution is 14.1. The highest BCUT2D eigenvalue weighted by Crippen LogP contribution is 2.20. The fraction of sp³-hybridized carbons (Fsp3) is 0. The first-order chi connectivity index (χ1) is 7.24. The lowest BCUT2D eigenvalue weighted by molar-refractivity contribution is 0.112. The van der Waals surface area contributed by atoms with Gasteiger partial charge >= 0.3 is 0 Å². The first-order valence-corrected chi connectivity index (χ1v) is 6.32. The zero-order valence-electron chi connectivity index (χ0n) is 7.52. The molecule has 0 bridgehead atoms. The van der Waals surface area contributed by atoms with Crippen molar-refractivity contribution in [3.05, 3.63) is 43.6 Å². The second-order valence-corrected chi connectivity index (χ2v) is 4.92. The lowest BCUT2D eigenvalue weighted by Gasteiger charge is -2.06. The van der Waals surface area contributed by atoms with Crippen molar-refractivity contribution in [3.8, 4) is 5.69 Å². The van der Waals surface area contributed by atoms with E-state index in [1.165, 1.54) is 0 Å². The van der Waals surface area contributed by atoms with Gasteiger partial charge in [-0.3, -0.25) is 9.36 Å². The molecule has 0 atom stereocenters. The summed E-state index contributed by atoms with van der Waals surface area (Å²) >= 11 is 4.38. The van der Waals surface area contributed by atoms with Crippen LogP contribution >= 0.6 is 45.2 Å². The molecule has 15 heavy (non-hydrogen) atoms. The van der Waals surface area contributed by atoms with Crippen molar-refractivity contribution in [2.45, 2.75) is 0 Å². The van der Waals surface area contributed by atoms with Crippen LogP contribution in [0.15, 0.2) is 30.6 Å². The maximum Gasteiger partial charge on any atom is 0.152 e. The second kappa shape index (κ2) is 4.60. The lowest BCUT2D eigenvalue weighted by Crippen LogP contribution is -1.99. The number of rotatable bonds is 2. The predicted molar refractivity (Wildman–Crippen MR) is 74.4 cm³/mol. The van der Waals surface area contributed by atoms with E-state index in [1.807, 2.05) is 22.8 Å². The Morgan fingerprint density at radius 1 is 1.27 bits per heavy atom. The van der Waals surface area contributed by atoms with Gasteiger partial charge in [-0.1, -0.05) is 12.1 Å². The summed E-state index contributed by atoms with van der Waals surface area (Å²) in [6.45, 7) is 0. The molecule has 0 amide bonds. The number of benzene rings is 1. The van der Waals surface area contributed by atoms with Gasteiger partial charge in [0.1, 0.15) is 13.7 Å². The predicted octanol–water partition coefficient (Wildman–Crippen LogP) is 2.89. The first kappa shape index (κ1) is 11.1. The van der Waals surface area contributed by atoms with Gasteiger partial charge in [0, 0.05) is 5.56 Å². The van der Waals surface area contributed by atoms with Crippen molar-refractivity contribution in [2.24, 2.45) is 0 Å². The molecular weight excluding hydrogens is 418 g/mol. The van der Waals surface area contributed by atoms with Gasteiger partial charge in [-0.2, -0.15) is 0 Å². The third-order valence-electron chi connectivity index (χ3n) is 1.99. The fourth-order valence-corrected chi connectivity index (χ4v) is 2.19. The van der Waals surface area contributed by atoms with Crippen LogP contribution in [0.25, 0.3) is 5.69 Å². The average molecular weight is 424 g/mol. The number of aldehydes is 1. The number of halogens is 2. The minimum absolute atomic E-state index is 0.671. The molecule has 1 aromatic carbocycles. The minimum atomic E-state index is 0.671. The molecule has 0 spiro atoms. The Labute approximate surface area is 114 Å². The molecule has 0 aliphatic rings. The number of nitrogens with zero attached hydrogens (tertiary/aromatic N) is 2. The van der Waals surface area contributed by atoms with Crippen molar-refractivity contribution in [2.75, 3.05) is 0 Å². The van der Waals surface area contributed by atoms with E-state index in [0.717, 1.165) is 19.4 Å². The lowest BCUT2D eigenvalue weighted by atomic mass is 10.2. The zero-order chi connectivity index (χ0) is 10.8. The summed E-state index contributed by atoms with van der Waals surface area (Å²) in [7, 11) is 0. The van der Waals surface area contributed by atoms with Crippen molar-refractivity contribution >= 4 is 51.5 Å². The van der Waals surface area contributed by atoms with E-state index in [0.29, 0.717) is 5.56 Å². The fourth-order valence-electron chi connectivity index (χ4n) is 1.29. The van der Waals surface area contributed by atoms with E-state index in [4.69, 9.17) is 0 Å². The van der Waals surface area contributed by atoms with Crippen LogP contribution in [0.4, 0.5) is 0 Å². The van der Waals surface area contributed by atoms with E-state index in [2.05, 4.69) is 50.2 Å².